The van der Waals surface area contributed by atoms with E-state index in [0.717, 1.165) is 28.1 Å². The van der Waals surface area contributed by atoms with Gasteiger partial charge in [-0.3, -0.25) is 9.59 Å². The average molecular weight is 322 g/mol. The van der Waals surface area contributed by atoms with Crippen LogP contribution < -0.4 is 10.2 Å². The molecule has 0 unspecified atom stereocenters. The van der Waals surface area contributed by atoms with Gasteiger partial charge in [0, 0.05) is 24.3 Å². The number of amides is 2. The van der Waals surface area contributed by atoms with Gasteiger partial charge in [0.25, 0.3) is 0 Å². The second-order valence-corrected chi connectivity index (χ2v) is 6.50. The van der Waals surface area contributed by atoms with Crippen molar-refractivity contribution in [3.63, 3.8) is 0 Å². The lowest BCUT2D eigenvalue weighted by Gasteiger charge is -2.17. The number of carbonyl (C=O) groups is 2. The zero-order chi connectivity index (χ0) is 17.3. The molecule has 4 heteroatoms. The fourth-order valence-corrected chi connectivity index (χ4v) is 3.09. The molecule has 1 aliphatic heterocycles. The van der Waals surface area contributed by atoms with Crippen LogP contribution in [-0.4, -0.2) is 18.4 Å². The summed E-state index contributed by atoms with van der Waals surface area (Å²) in [5.74, 6) is -0.409. The molecule has 0 aliphatic carbocycles. The summed E-state index contributed by atoms with van der Waals surface area (Å²) in [6.45, 7) is 6.39. The van der Waals surface area contributed by atoms with Gasteiger partial charge in [0.05, 0.1) is 5.92 Å². The molecule has 0 saturated carbocycles. The van der Waals surface area contributed by atoms with E-state index in [0.29, 0.717) is 6.54 Å². The number of aryl methyl sites for hydroxylation is 3. The Morgan fingerprint density at radius 1 is 1.04 bits per heavy atom. The predicted molar refractivity (Wildman–Crippen MR) is 96.2 cm³/mol. The van der Waals surface area contributed by atoms with E-state index in [9.17, 15) is 9.59 Å². The molecule has 0 aromatic heterocycles. The van der Waals surface area contributed by atoms with Gasteiger partial charge in [-0.15, -0.1) is 0 Å². The third-order valence-electron chi connectivity index (χ3n) is 4.57. The summed E-state index contributed by atoms with van der Waals surface area (Å²) in [7, 11) is 0. The Kier molecular flexibility index (Phi) is 4.38. The van der Waals surface area contributed by atoms with Crippen LogP contribution in [0.2, 0.25) is 0 Å². The fourth-order valence-electron chi connectivity index (χ4n) is 3.09. The number of nitrogens with zero attached hydrogens (tertiary/aromatic N) is 1. The van der Waals surface area contributed by atoms with E-state index in [-0.39, 0.29) is 24.2 Å². The topological polar surface area (TPSA) is 49.4 Å². The van der Waals surface area contributed by atoms with Crippen molar-refractivity contribution in [3.05, 3.63) is 59.2 Å². The van der Waals surface area contributed by atoms with Crippen LogP contribution in [0.5, 0.6) is 0 Å². The second-order valence-electron chi connectivity index (χ2n) is 6.50. The Labute approximate surface area is 142 Å². The predicted octanol–water partition coefficient (Wildman–Crippen LogP) is 3.60. The highest BCUT2D eigenvalue weighted by atomic mass is 16.2. The lowest BCUT2D eigenvalue weighted by atomic mass is 10.1. The second kappa shape index (κ2) is 6.48. The van der Waals surface area contributed by atoms with E-state index in [2.05, 4.69) is 5.32 Å². The summed E-state index contributed by atoms with van der Waals surface area (Å²) >= 11 is 0. The molecule has 1 saturated heterocycles. The van der Waals surface area contributed by atoms with E-state index >= 15 is 0 Å². The molecule has 1 N–H and O–H groups in total. The Hall–Kier alpha value is -2.62. The van der Waals surface area contributed by atoms with Crippen LogP contribution in [0.1, 0.15) is 23.1 Å². The average Bonchev–Trinajstić information content (AvgIpc) is 2.94. The minimum Gasteiger partial charge on any atom is -0.325 e. The van der Waals surface area contributed by atoms with Crippen LogP contribution in [0, 0.1) is 26.7 Å². The van der Waals surface area contributed by atoms with Gasteiger partial charge in [0.15, 0.2) is 0 Å². The summed E-state index contributed by atoms with van der Waals surface area (Å²) in [5, 5.41) is 3.00. The van der Waals surface area contributed by atoms with Gasteiger partial charge in [-0.2, -0.15) is 0 Å². The quantitative estimate of drug-likeness (QED) is 0.938. The maximum absolute atomic E-state index is 12.6. The number of hydrogen-bond acceptors (Lipinski definition) is 2. The summed E-state index contributed by atoms with van der Waals surface area (Å²) < 4.78 is 0. The lowest BCUT2D eigenvalue weighted by molar-refractivity contribution is -0.122. The number of para-hydroxylation sites is 1. The molecule has 124 valence electrons. The van der Waals surface area contributed by atoms with Gasteiger partial charge in [-0.25, -0.2) is 0 Å². The van der Waals surface area contributed by atoms with Gasteiger partial charge in [-0.1, -0.05) is 35.9 Å². The Morgan fingerprint density at radius 3 is 2.29 bits per heavy atom. The van der Waals surface area contributed by atoms with Crippen molar-refractivity contribution in [1.82, 2.24) is 0 Å². The van der Waals surface area contributed by atoms with Crippen LogP contribution in [0.3, 0.4) is 0 Å². The first-order valence-corrected chi connectivity index (χ1v) is 8.20. The normalized spacial score (nSPS) is 17.2. The van der Waals surface area contributed by atoms with Gasteiger partial charge >= 0.3 is 0 Å². The first kappa shape index (κ1) is 16.2. The minimum atomic E-state index is -0.321. The molecule has 24 heavy (non-hydrogen) atoms. The van der Waals surface area contributed by atoms with Gasteiger partial charge in [0.2, 0.25) is 11.8 Å². The fraction of sp³-hybridized carbons (Fsp3) is 0.300. The van der Waals surface area contributed by atoms with E-state index in [1.54, 1.807) is 4.90 Å². The van der Waals surface area contributed by atoms with E-state index in [4.69, 9.17) is 0 Å². The number of carbonyl (C=O) groups excluding carboxylic acids is 2. The molecular formula is C20H22N2O2. The highest BCUT2D eigenvalue weighted by molar-refractivity contribution is 6.03. The summed E-state index contributed by atoms with van der Waals surface area (Å²) in [6, 6.07) is 13.7. The third-order valence-corrected chi connectivity index (χ3v) is 4.57. The van der Waals surface area contributed by atoms with Crippen LogP contribution >= 0.6 is 0 Å². The molecule has 1 heterocycles. The summed E-state index contributed by atoms with van der Waals surface area (Å²) in [4.78, 5) is 26.6. The highest BCUT2D eigenvalue weighted by Crippen LogP contribution is 2.27. The first-order valence-electron chi connectivity index (χ1n) is 8.20. The smallest absolute Gasteiger partial charge is 0.229 e. The van der Waals surface area contributed by atoms with E-state index in [1.807, 2.05) is 63.2 Å². The Balaban J connectivity index is 1.73. The van der Waals surface area contributed by atoms with Crippen molar-refractivity contribution in [2.45, 2.75) is 27.2 Å². The van der Waals surface area contributed by atoms with Crippen LogP contribution in [-0.2, 0) is 9.59 Å². The SMILES string of the molecule is Cc1ccc(N2C[C@@H](C(=O)Nc3c(C)cccc3C)CC2=O)cc1. The Morgan fingerprint density at radius 2 is 1.67 bits per heavy atom. The monoisotopic (exact) mass is 322 g/mol. The molecule has 1 fully saturated rings. The molecular weight excluding hydrogens is 300 g/mol. The van der Waals surface area contributed by atoms with Crippen molar-refractivity contribution in [2.75, 3.05) is 16.8 Å². The van der Waals surface area contributed by atoms with Crippen molar-refractivity contribution >= 4 is 23.2 Å². The summed E-state index contributed by atoms with van der Waals surface area (Å²) in [5.41, 5.74) is 4.91. The summed E-state index contributed by atoms with van der Waals surface area (Å²) in [6.07, 6.45) is 0.255. The molecule has 0 radical (unpaired) electrons. The van der Waals surface area contributed by atoms with Gasteiger partial charge < -0.3 is 10.2 Å². The minimum absolute atomic E-state index is 0.000471. The third kappa shape index (κ3) is 3.18. The molecule has 1 atom stereocenters. The molecule has 3 rings (SSSR count). The molecule has 1 aliphatic rings. The van der Waals surface area contributed by atoms with Crippen molar-refractivity contribution in [2.24, 2.45) is 5.92 Å². The van der Waals surface area contributed by atoms with Gasteiger partial charge in [-0.05, 0) is 44.0 Å². The van der Waals surface area contributed by atoms with Crippen LogP contribution in [0.25, 0.3) is 0 Å². The zero-order valence-corrected chi connectivity index (χ0v) is 14.3. The van der Waals surface area contributed by atoms with Crippen molar-refractivity contribution in [3.8, 4) is 0 Å². The maximum Gasteiger partial charge on any atom is 0.229 e. The molecule has 2 aromatic rings. The molecule has 0 spiro atoms. The first-order chi connectivity index (χ1) is 11.5. The van der Waals surface area contributed by atoms with Crippen molar-refractivity contribution < 1.29 is 9.59 Å². The Bertz CT molecular complexity index is 760. The number of rotatable bonds is 3. The molecule has 2 amide bonds. The van der Waals surface area contributed by atoms with E-state index in [1.165, 1.54) is 0 Å². The zero-order valence-electron chi connectivity index (χ0n) is 14.3. The standard InChI is InChI=1S/C20H22N2O2/c1-13-7-9-17(10-8-13)22-12-16(11-18(22)23)20(24)21-19-14(2)5-4-6-15(19)3/h4-10,16H,11-12H2,1-3H3,(H,21,24)/t16-/m0/s1. The lowest BCUT2D eigenvalue weighted by Crippen LogP contribution is -2.28. The number of nitrogens with one attached hydrogen (secondary N) is 1. The number of benzene rings is 2. The molecule has 0 bridgehead atoms. The highest BCUT2D eigenvalue weighted by Gasteiger charge is 2.35. The number of anilines is 2. The van der Waals surface area contributed by atoms with Crippen LogP contribution in [0.15, 0.2) is 42.5 Å². The van der Waals surface area contributed by atoms with E-state index < -0.39 is 0 Å². The molecule has 2 aromatic carbocycles. The van der Waals surface area contributed by atoms with Crippen molar-refractivity contribution in [1.29, 1.82) is 0 Å². The number of hydrogen-bond donors (Lipinski definition) is 1. The maximum atomic E-state index is 12.6. The largest absolute Gasteiger partial charge is 0.325 e. The van der Waals surface area contributed by atoms with Crippen LogP contribution in [0.4, 0.5) is 11.4 Å². The molecule has 4 nitrogen and oxygen atoms in total. The van der Waals surface area contributed by atoms with Gasteiger partial charge in [0.1, 0.15) is 0 Å².